The van der Waals surface area contributed by atoms with Gasteiger partial charge in [-0.25, -0.2) is 15.0 Å². The van der Waals surface area contributed by atoms with Crippen molar-refractivity contribution in [3.8, 4) is 0 Å². The Morgan fingerprint density at radius 2 is 1.77 bits per heavy atom. The summed E-state index contributed by atoms with van der Waals surface area (Å²) >= 11 is 6.65. The predicted octanol–water partition coefficient (Wildman–Crippen LogP) is 3.48. The fourth-order valence-electron chi connectivity index (χ4n) is 1.99. The molecule has 3 rings (SSSR count). The summed E-state index contributed by atoms with van der Waals surface area (Å²) in [5, 5.41) is 3.00. The van der Waals surface area contributed by atoms with E-state index in [9.17, 15) is 4.79 Å². The van der Waals surface area contributed by atoms with Crippen molar-refractivity contribution in [2.45, 2.75) is 0 Å². The van der Waals surface area contributed by atoms with Crippen molar-refractivity contribution in [1.29, 1.82) is 0 Å². The third-order valence-electron chi connectivity index (χ3n) is 3.27. The standard InChI is InChI=1S/C16H13Br2N7O/c17-9-5-6-12(20-7-9)23-14-13(19)15(22-8-21-14)24-25-16(26)10-3-1-2-4-11(10)18/h1-8H,19H2,(H,25,26)(H2,20,21,22,23,24). The second-order valence-corrected chi connectivity index (χ2v) is 6.80. The number of nitrogens with two attached hydrogens (primary N) is 1. The Balaban J connectivity index is 1.72. The van der Waals surface area contributed by atoms with E-state index in [1.807, 2.05) is 12.1 Å². The summed E-state index contributed by atoms with van der Waals surface area (Å²) in [5.41, 5.74) is 12.1. The zero-order valence-electron chi connectivity index (χ0n) is 13.2. The molecule has 0 unspecified atom stereocenters. The van der Waals surface area contributed by atoms with Crippen LogP contribution >= 0.6 is 31.9 Å². The molecule has 26 heavy (non-hydrogen) atoms. The van der Waals surface area contributed by atoms with Crippen LogP contribution in [0.5, 0.6) is 0 Å². The van der Waals surface area contributed by atoms with Gasteiger partial charge in [-0.05, 0) is 56.1 Å². The minimum absolute atomic E-state index is 0.240. The minimum Gasteiger partial charge on any atom is -0.393 e. The largest absolute Gasteiger partial charge is 0.393 e. The zero-order valence-corrected chi connectivity index (χ0v) is 16.4. The third-order valence-corrected chi connectivity index (χ3v) is 4.43. The number of halogens is 2. The number of nitrogen functional groups attached to an aromatic ring is 1. The lowest BCUT2D eigenvalue weighted by Crippen LogP contribution is -2.30. The van der Waals surface area contributed by atoms with Crippen LogP contribution in [-0.4, -0.2) is 20.9 Å². The van der Waals surface area contributed by atoms with Crippen LogP contribution in [-0.2, 0) is 0 Å². The van der Waals surface area contributed by atoms with Crippen LogP contribution in [0.3, 0.4) is 0 Å². The lowest BCUT2D eigenvalue weighted by atomic mass is 10.2. The van der Waals surface area contributed by atoms with Crippen LogP contribution in [0.4, 0.5) is 23.1 Å². The number of rotatable bonds is 5. The molecule has 10 heteroatoms. The highest BCUT2D eigenvalue weighted by Crippen LogP contribution is 2.25. The highest BCUT2D eigenvalue weighted by atomic mass is 79.9. The molecule has 0 saturated heterocycles. The monoisotopic (exact) mass is 477 g/mol. The molecule has 2 heterocycles. The van der Waals surface area contributed by atoms with E-state index in [0.29, 0.717) is 21.7 Å². The van der Waals surface area contributed by atoms with Gasteiger partial charge in [0.25, 0.3) is 5.91 Å². The Kier molecular flexibility index (Phi) is 5.64. The van der Waals surface area contributed by atoms with Crippen molar-refractivity contribution in [2.75, 3.05) is 16.5 Å². The van der Waals surface area contributed by atoms with Crippen LogP contribution in [0.15, 0.2) is 57.9 Å². The van der Waals surface area contributed by atoms with Crippen molar-refractivity contribution in [1.82, 2.24) is 20.4 Å². The summed E-state index contributed by atoms with van der Waals surface area (Å²) in [5.74, 6) is 0.869. The molecule has 0 spiro atoms. The van der Waals surface area contributed by atoms with Crippen molar-refractivity contribution in [3.63, 3.8) is 0 Å². The SMILES string of the molecule is Nc1c(NNC(=O)c2ccccc2Br)ncnc1Nc1ccc(Br)cn1. The molecule has 1 aromatic carbocycles. The molecule has 0 aliphatic heterocycles. The van der Waals surface area contributed by atoms with E-state index in [2.05, 4.69) is 63.0 Å². The maximum atomic E-state index is 12.2. The fraction of sp³-hybridized carbons (Fsp3) is 0. The summed E-state index contributed by atoms with van der Waals surface area (Å²) in [7, 11) is 0. The van der Waals surface area contributed by atoms with Gasteiger partial charge >= 0.3 is 0 Å². The Bertz CT molecular complexity index is 934. The fourth-order valence-corrected chi connectivity index (χ4v) is 2.69. The van der Waals surface area contributed by atoms with Crippen LogP contribution in [0.25, 0.3) is 0 Å². The Morgan fingerprint density at radius 3 is 2.50 bits per heavy atom. The molecule has 3 aromatic rings. The van der Waals surface area contributed by atoms with Crippen molar-refractivity contribution >= 4 is 60.9 Å². The van der Waals surface area contributed by atoms with Crippen molar-refractivity contribution in [3.05, 3.63) is 63.4 Å². The second-order valence-electron chi connectivity index (χ2n) is 5.03. The highest BCUT2D eigenvalue weighted by molar-refractivity contribution is 9.10. The number of benzene rings is 1. The van der Waals surface area contributed by atoms with Crippen LogP contribution < -0.4 is 21.9 Å². The molecule has 1 amide bonds. The quantitative estimate of drug-likeness (QED) is 0.414. The summed E-state index contributed by atoms with van der Waals surface area (Å²) in [6, 6.07) is 10.7. The molecule has 5 N–H and O–H groups in total. The third kappa shape index (κ3) is 4.27. The Morgan fingerprint density at radius 1 is 1.00 bits per heavy atom. The van der Waals surface area contributed by atoms with Gasteiger partial charge in [0, 0.05) is 15.1 Å². The number of anilines is 4. The summed E-state index contributed by atoms with van der Waals surface area (Å²) < 4.78 is 1.54. The number of hydrazine groups is 1. The number of carbonyl (C=O) groups excluding carboxylic acids is 1. The minimum atomic E-state index is -0.334. The molecule has 0 aliphatic rings. The first-order valence-electron chi connectivity index (χ1n) is 7.34. The number of hydrogen-bond acceptors (Lipinski definition) is 7. The van der Waals surface area contributed by atoms with E-state index in [1.54, 1.807) is 30.5 Å². The van der Waals surface area contributed by atoms with E-state index in [-0.39, 0.29) is 17.4 Å². The smallest absolute Gasteiger partial charge is 0.270 e. The summed E-state index contributed by atoms with van der Waals surface area (Å²) in [6.07, 6.45) is 2.97. The maximum absolute atomic E-state index is 12.2. The molecule has 8 nitrogen and oxygen atoms in total. The van der Waals surface area contributed by atoms with Gasteiger partial charge in [0.05, 0.1) is 5.56 Å². The topological polar surface area (TPSA) is 118 Å². The molecular formula is C16H13Br2N7O. The van der Waals surface area contributed by atoms with Crippen molar-refractivity contribution in [2.24, 2.45) is 0 Å². The maximum Gasteiger partial charge on any atom is 0.270 e. The lowest BCUT2D eigenvalue weighted by molar-refractivity contribution is 0.0962. The van der Waals surface area contributed by atoms with Gasteiger partial charge in [0.2, 0.25) is 0 Å². The predicted molar refractivity (Wildman–Crippen MR) is 107 cm³/mol. The Labute approximate surface area is 165 Å². The zero-order chi connectivity index (χ0) is 18.5. The van der Waals surface area contributed by atoms with Gasteiger partial charge in [-0.2, -0.15) is 0 Å². The number of amides is 1. The van der Waals surface area contributed by atoms with E-state index in [1.165, 1.54) is 6.33 Å². The molecule has 0 fully saturated rings. The number of nitrogens with one attached hydrogen (secondary N) is 3. The molecule has 0 saturated carbocycles. The van der Waals surface area contributed by atoms with Gasteiger partial charge in [-0.3, -0.25) is 15.6 Å². The Hall–Kier alpha value is -2.72. The summed E-state index contributed by atoms with van der Waals surface area (Å²) in [4.78, 5) is 24.6. The number of pyridine rings is 1. The summed E-state index contributed by atoms with van der Waals surface area (Å²) in [6.45, 7) is 0. The van der Waals surface area contributed by atoms with Crippen LogP contribution in [0.1, 0.15) is 10.4 Å². The van der Waals surface area contributed by atoms with E-state index >= 15 is 0 Å². The van der Waals surface area contributed by atoms with Gasteiger partial charge in [0.1, 0.15) is 17.8 Å². The lowest BCUT2D eigenvalue weighted by Gasteiger charge is -2.13. The van der Waals surface area contributed by atoms with Gasteiger partial charge < -0.3 is 11.1 Å². The first-order chi connectivity index (χ1) is 12.5. The molecule has 2 aromatic heterocycles. The second kappa shape index (κ2) is 8.11. The van der Waals surface area contributed by atoms with E-state index < -0.39 is 0 Å². The van der Waals surface area contributed by atoms with Gasteiger partial charge in [-0.15, -0.1) is 0 Å². The van der Waals surface area contributed by atoms with Gasteiger partial charge in [-0.1, -0.05) is 12.1 Å². The molecule has 0 bridgehead atoms. The van der Waals surface area contributed by atoms with Crippen molar-refractivity contribution < 1.29 is 4.79 Å². The van der Waals surface area contributed by atoms with E-state index in [0.717, 1.165) is 4.47 Å². The molecule has 0 radical (unpaired) electrons. The highest BCUT2D eigenvalue weighted by Gasteiger charge is 2.12. The van der Waals surface area contributed by atoms with Crippen LogP contribution in [0.2, 0.25) is 0 Å². The molecule has 132 valence electrons. The molecular weight excluding hydrogens is 466 g/mol. The van der Waals surface area contributed by atoms with E-state index in [4.69, 9.17) is 5.73 Å². The number of aromatic nitrogens is 3. The normalized spacial score (nSPS) is 10.2. The number of carbonyl (C=O) groups is 1. The number of hydrogen-bond donors (Lipinski definition) is 4. The first-order valence-corrected chi connectivity index (χ1v) is 8.93. The number of nitrogens with zero attached hydrogens (tertiary/aromatic N) is 3. The molecule has 0 atom stereocenters. The first kappa shape index (κ1) is 18.1. The molecule has 0 aliphatic carbocycles. The van der Waals surface area contributed by atoms with Crippen LogP contribution in [0, 0.1) is 0 Å². The van der Waals surface area contributed by atoms with Gasteiger partial charge in [0.15, 0.2) is 11.6 Å². The average Bonchev–Trinajstić information content (AvgIpc) is 2.64. The average molecular weight is 479 g/mol.